The third-order valence-electron chi connectivity index (χ3n) is 4.68. The van der Waals surface area contributed by atoms with Gasteiger partial charge in [-0.1, -0.05) is 26.0 Å². The zero-order valence-electron chi connectivity index (χ0n) is 18.9. The molecule has 0 radical (unpaired) electrons. The van der Waals surface area contributed by atoms with Gasteiger partial charge in [0.15, 0.2) is 0 Å². The number of hydrogen-bond acceptors (Lipinski definition) is 5. The molecule has 0 fully saturated rings. The van der Waals surface area contributed by atoms with Gasteiger partial charge < -0.3 is 15.2 Å². The van der Waals surface area contributed by atoms with Crippen LogP contribution in [0.5, 0.6) is 0 Å². The minimum atomic E-state index is -3.61. The molecule has 1 aromatic heterocycles. The summed E-state index contributed by atoms with van der Waals surface area (Å²) in [6.45, 7) is 6.09. The molecule has 0 bridgehead atoms. The topological polar surface area (TPSA) is 122 Å². The van der Waals surface area contributed by atoms with Gasteiger partial charge in [0.2, 0.25) is 15.9 Å². The van der Waals surface area contributed by atoms with Gasteiger partial charge in [0.25, 0.3) is 5.91 Å². The van der Waals surface area contributed by atoms with Gasteiger partial charge in [-0.05, 0) is 35.9 Å². The maximum Gasteiger partial charge on any atom is 0.257 e. The molecule has 0 atom stereocenters. The normalized spacial score (nSPS) is 11.3. The van der Waals surface area contributed by atoms with Crippen molar-refractivity contribution in [2.75, 3.05) is 21.6 Å². The van der Waals surface area contributed by atoms with Crippen LogP contribution in [0, 0.1) is 0 Å². The Morgan fingerprint density at radius 3 is 2.45 bits per heavy atom. The second-order valence-electron chi connectivity index (χ2n) is 8.04. The van der Waals surface area contributed by atoms with Gasteiger partial charge in [-0.3, -0.25) is 14.3 Å². The molecule has 10 heteroatoms. The van der Waals surface area contributed by atoms with E-state index in [4.69, 9.17) is 0 Å². The molecular formula is C23H27N5O4S. The number of hydrogen-bond donors (Lipinski definition) is 3. The first-order chi connectivity index (χ1) is 15.5. The fraction of sp³-hybridized carbons (Fsp3) is 0.261. The molecule has 0 spiro atoms. The molecule has 0 saturated carbocycles. The number of amides is 2. The second-order valence-corrected chi connectivity index (χ2v) is 9.79. The van der Waals surface area contributed by atoms with Crippen LogP contribution in [0.25, 0.3) is 0 Å². The van der Waals surface area contributed by atoms with Crippen molar-refractivity contribution in [2.24, 2.45) is 0 Å². The molecule has 2 amide bonds. The van der Waals surface area contributed by atoms with Crippen molar-refractivity contribution in [2.45, 2.75) is 33.2 Å². The fourth-order valence-electron chi connectivity index (χ4n) is 3.40. The van der Waals surface area contributed by atoms with E-state index in [0.717, 1.165) is 17.6 Å². The lowest BCUT2D eigenvalue weighted by molar-refractivity contribution is -0.114. The average Bonchev–Trinajstić information content (AvgIpc) is 3.16. The molecule has 0 unspecified atom stereocenters. The Hall–Kier alpha value is -3.66. The highest BCUT2D eigenvalue weighted by Gasteiger charge is 2.16. The average molecular weight is 470 g/mol. The van der Waals surface area contributed by atoms with Gasteiger partial charge in [0.05, 0.1) is 17.5 Å². The van der Waals surface area contributed by atoms with Crippen LogP contribution in [0.2, 0.25) is 0 Å². The largest absolute Gasteiger partial charge is 0.330 e. The lowest BCUT2D eigenvalue weighted by atomic mass is 10.1. The molecule has 1 heterocycles. The van der Waals surface area contributed by atoms with E-state index in [1.165, 1.54) is 25.1 Å². The Bertz CT molecular complexity index is 1280. The first-order valence-corrected chi connectivity index (χ1v) is 12.2. The minimum Gasteiger partial charge on any atom is -0.330 e. The van der Waals surface area contributed by atoms with Crippen molar-refractivity contribution in [3.63, 3.8) is 0 Å². The molecule has 0 aliphatic heterocycles. The maximum absolute atomic E-state index is 13.1. The third-order valence-corrected chi connectivity index (χ3v) is 5.27. The Morgan fingerprint density at radius 2 is 1.79 bits per heavy atom. The fourth-order valence-corrected chi connectivity index (χ4v) is 3.98. The first-order valence-electron chi connectivity index (χ1n) is 10.3. The molecule has 3 rings (SSSR count). The van der Waals surface area contributed by atoms with Gasteiger partial charge in [0.1, 0.15) is 5.82 Å². The summed E-state index contributed by atoms with van der Waals surface area (Å²) in [5.74, 6) is 0.421. The van der Waals surface area contributed by atoms with Gasteiger partial charge in [-0.2, -0.15) is 0 Å². The quantitative estimate of drug-likeness (QED) is 0.465. The van der Waals surface area contributed by atoms with Crippen molar-refractivity contribution in [1.82, 2.24) is 9.55 Å². The number of imidazole rings is 1. The van der Waals surface area contributed by atoms with Gasteiger partial charge in [0, 0.05) is 43.2 Å². The summed E-state index contributed by atoms with van der Waals surface area (Å²) in [5, 5.41) is 5.41. The van der Waals surface area contributed by atoms with Crippen LogP contribution in [0.3, 0.4) is 0 Å². The van der Waals surface area contributed by atoms with Crippen LogP contribution in [0.4, 0.5) is 17.1 Å². The maximum atomic E-state index is 13.1. The number of nitrogens with one attached hydrogen (secondary N) is 3. The Labute approximate surface area is 193 Å². The summed E-state index contributed by atoms with van der Waals surface area (Å²) < 4.78 is 27.9. The number of carbonyl (C=O) groups excluding carboxylic acids is 2. The predicted octanol–water partition coefficient (Wildman–Crippen LogP) is 3.64. The van der Waals surface area contributed by atoms with E-state index in [1.54, 1.807) is 12.3 Å². The summed E-state index contributed by atoms with van der Waals surface area (Å²) in [4.78, 5) is 28.9. The summed E-state index contributed by atoms with van der Waals surface area (Å²) in [6.07, 6.45) is 4.68. The number of anilines is 3. The van der Waals surface area contributed by atoms with E-state index in [-0.39, 0.29) is 23.1 Å². The van der Waals surface area contributed by atoms with Gasteiger partial charge >= 0.3 is 0 Å². The van der Waals surface area contributed by atoms with Gasteiger partial charge in [-0.25, -0.2) is 13.4 Å². The molecule has 0 aliphatic rings. The first kappa shape index (κ1) is 24.0. The van der Waals surface area contributed by atoms with Crippen LogP contribution < -0.4 is 15.4 Å². The summed E-state index contributed by atoms with van der Waals surface area (Å²) in [5.41, 5.74) is 2.09. The van der Waals surface area contributed by atoms with Crippen LogP contribution in [-0.4, -0.2) is 36.0 Å². The molecule has 2 aromatic carbocycles. The molecule has 3 N–H and O–H groups in total. The van der Waals surface area contributed by atoms with Crippen molar-refractivity contribution in [3.8, 4) is 0 Å². The van der Waals surface area contributed by atoms with Crippen molar-refractivity contribution in [3.05, 3.63) is 71.8 Å². The zero-order valence-corrected chi connectivity index (χ0v) is 19.7. The van der Waals surface area contributed by atoms with Crippen molar-refractivity contribution in [1.29, 1.82) is 0 Å². The number of aromatic nitrogens is 2. The van der Waals surface area contributed by atoms with Crippen LogP contribution in [0.15, 0.2) is 54.9 Å². The smallest absolute Gasteiger partial charge is 0.257 e. The highest BCUT2D eigenvalue weighted by atomic mass is 32.2. The Morgan fingerprint density at radius 1 is 1.06 bits per heavy atom. The third kappa shape index (κ3) is 6.66. The lowest BCUT2D eigenvalue weighted by Crippen LogP contribution is -2.18. The van der Waals surface area contributed by atoms with E-state index in [1.807, 2.05) is 24.4 Å². The summed E-state index contributed by atoms with van der Waals surface area (Å²) in [7, 11) is -3.61. The minimum absolute atomic E-state index is 0.0776. The van der Waals surface area contributed by atoms with Crippen molar-refractivity contribution >= 4 is 38.9 Å². The SMILES string of the molecule is CC(=O)Nc1ccc(NS(C)(=O)=O)c(C(=O)Nc2cccc(Cn3ccnc3C(C)C)c2)c1. The van der Waals surface area contributed by atoms with Crippen molar-refractivity contribution < 1.29 is 18.0 Å². The van der Waals surface area contributed by atoms with Crippen LogP contribution >= 0.6 is 0 Å². The number of nitrogens with zero attached hydrogens (tertiary/aromatic N) is 2. The molecule has 174 valence electrons. The highest BCUT2D eigenvalue weighted by Crippen LogP contribution is 2.24. The van der Waals surface area contributed by atoms with E-state index >= 15 is 0 Å². The molecule has 0 saturated heterocycles. The number of carbonyl (C=O) groups is 2. The van der Waals surface area contributed by atoms with Crippen LogP contribution in [-0.2, 0) is 21.4 Å². The van der Waals surface area contributed by atoms with E-state index in [9.17, 15) is 18.0 Å². The summed E-state index contributed by atoms with van der Waals surface area (Å²) in [6, 6.07) is 11.8. The number of sulfonamides is 1. The molecular weight excluding hydrogens is 442 g/mol. The monoisotopic (exact) mass is 469 g/mol. The standard InChI is InChI=1S/C23H27N5O4S/c1-15(2)22-24-10-11-28(22)14-17-6-5-7-18(12-17)26-23(30)20-13-19(25-16(3)29)8-9-21(20)27-33(4,31)32/h5-13,15,27H,14H2,1-4H3,(H,25,29)(H,26,30). The van der Waals surface area contributed by atoms with E-state index < -0.39 is 15.9 Å². The van der Waals surface area contributed by atoms with Gasteiger partial charge in [-0.15, -0.1) is 0 Å². The molecule has 0 aliphatic carbocycles. The predicted molar refractivity (Wildman–Crippen MR) is 129 cm³/mol. The Balaban J connectivity index is 1.86. The highest BCUT2D eigenvalue weighted by molar-refractivity contribution is 7.92. The molecule has 9 nitrogen and oxygen atoms in total. The second kappa shape index (κ2) is 9.86. The zero-order chi connectivity index (χ0) is 24.2. The number of benzene rings is 2. The van der Waals surface area contributed by atoms with E-state index in [0.29, 0.717) is 17.9 Å². The summed E-state index contributed by atoms with van der Waals surface area (Å²) >= 11 is 0. The Kier molecular flexibility index (Phi) is 7.17. The van der Waals surface area contributed by atoms with E-state index in [2.05, 4.69) is 38.8 Å². The number of rotatable bonds is 8. The molecule has 33 heavy (non-hydrogen) atoms. The lowest BCUT2D eigenvalue weighted by Gasteiger charge is -2.14. The molecule has 3 aromatic rings. The van der Waals surface area contributed by atoms with Crippen LogP contribution in [0.1, 0.15) is 48.4 Å².